The number of nitrogens with one attached hydrogen (secondary N) is 1. The summed E-state index contributed by atoms with van der Waals surface area (Å²) in [6.07, 6.45) is 1.63. The fourth-order valence-corrected chi connectivity index (χ4v) is 2.24. The summed E-state index contributed by atoms with van der Waals surface area (Å²) in [5.74, 6) is 0.749. The lowest BCUT2D eigenvalue weighted by Crippen LogP contribution is -2.42. The van der Waals surface area contributed by atoms with Gasteiger partial charge in [0.1, 0.15) is 0 Å². The molecule has 3 heteroatoms. The van der Waals surface area contributed by atoms with E-state index in [1.807, 2.05) is 0 Å². The van der Waals surface area contributed by atoms with Crippen LogP contribution in [0.4, 0.5) is 0 Å². The summed E-state index contributed by atoms with van der Waals surface area (Å²) in [6, 6.07) is 0. The van der Waals surface area contributed by atoms with Crippen LogP contribution >= 0.6 is 0 Å². The lowest BCUT2D eigenvalue weighted by molar-refractivity contribution is 0.0404. The molecule has 90 valence electrons. The summed E-state index contributed by atoms with van der Waals surface area (Å²) in [5, 5.41) is 3.48. The molecule has 0 saturated carbocycles. The second-order valence-corrected chi connectivity index (χ2v) is 4.69. The van der Waals surface area contributed by atoms with E-state index in [-0.39, 0.29) is 0 Å². The fraction of sp³-hybridized carbons (Fsp3) is 1.00. The van der Waals surface area contributed by atoms with Gasteiger partial charge in [-0.1, -0.05) is 6.92 Å². The second kappa shape index (κ2) is 7.20. The fourth-order valence-electron chi connectivity index (χ4n) is 2.24. The van der Waals surface area contributed by atoms with Gasteiger partial charge < -0.3 is 15.0 Å². The van der Waals surface area contributed by atoms with E-state index >= 15 is 0 Å². The minimum absolute atomic E-state index is 0.370. The Kier molecular flexibility index (Phi) is 6.22. The van der Waals surface area contributed by atoms with E-state index in [0.717, 1.165) is 32.2 Å². The molecule has 3 nitrogen and oxygen atoms in total. The highest BCUT2D eigenvalue weighted by Gasteiger charge is 2.15. The Bertz CT molecular complexity index is 164. The summed E-state index contributed by atoms with van der Waals surface area (Å²) < 4.78 is 5.59. The third kappa shape index (κ3) is 5.50. The minimum atomic E-state index is 0.370. The van der Waals surface area contributed by atoms with Crippen LogP contribution in [0, 0.1) is 5.92 Å². The Hall–Kier alpha value is -0.120. The molecule has 0 radical (unpaired) electrons. The zero-order valence-electron chi connectivity index (χ0n) is 10.5. The Labute approximate surface area is 94.2 Å². The second-order valence-electron chi connectivity index (χ2n) is 4.69. The normalized spacial score (nSPS) is 27.0. The molecule has 0 aliphatic carbocycles. The average Bonchev–Trinajstić information content (AvgIpc) is 2.13. The number of nitrogens with zero attached hydrogens (tertiary/aromatic N) is 1. The molecule has 2 atom stereocenters. The molecule has 0 aromatic rings. The van der Waals surface area contributed by atoms with Crippen LogP contribution in [0.2, 0.25) is 0 Å². The topological polar surface area (TPSA) is 24.5 Å². The van der Waals surface area contributed by atoms with Gasteiger partial charge in [-0.05, 0) is 45.8 Å². The molecule has 1 aliphatic rings. The van der Waals surface area contributed by atoms with Crippen LogP contribution in [0.3, 0.4) is 0 Å². The van der Waals surface area contributed by atoms with Crippen molar-refractivity contribution in [3.8, 4) is 0 Å². The maximum absolute atomic E-state index is 5.59. The van der Waals surface area contributed by atoms with Crippen molar-refractivity contribution in [2.75, 3.05) is 39.3 Å². The van der Waals surface area contributed by atoms with Crippen LogP contribution in [0.25, 0.3) is 0 Å². The monoisotopic (exact) mass is 214 g/mol. The number of ether oxygens (including phenoxy) is 1. The van der Waals surface area contributed by atoms with Gasteiger partial charge in [-0.2, -0.15) is 0 Å². The summed E-state index contributed by atoms with van der Waals surface area (Å²) >= 11 is 0. The van der Waals surface area contributed by atoms with Crippen molar-refractivity contribution in [2.24, 2.45) is 5.92 Å². The summed E-state index contributed by atoms with van der Waals surface area (Å²) in [5.41, 5.74) is 0. The van der Waals surface area contributed by atoms with E-state index in [1.54, 1.807) is 0 Å². The summed E-state index contributed by atoms with van der Waals surface area (Å²) in [7, 11) is 0. The van der Waals surface area contributed by atoms with Gasteiger partial charge in [0.25, 0.3) is 0 Å². The molecule has 0 amide bonds. The first kappa shape index (κ1) is 12.9. The molecular weight excluding hydrogens is 188 g/mol. The molecule has 1 saturated heterocycles. The van der Waals surface area contributed by atoms with Crippen LogP contribution in [0.15, 0.2) is 0 Å². The van der Waals surface area contributed by atoms with Gasteiger partial charge in [0.05, 0.1) is 6.10 Å². The van der Waals surface area contributed by atoms with Crippen LogP contribution in [0.5, 0.6) is 0 Å². The minimum Gasteiger partial charge on any atom is -0.377 e. The van der Waals surface area contributed by atoms with Crippen LogP contribution in [-0.4, -0.2) is 50.3 Å². The van der Waals surface area contributed by atoms with Crippen molar-refractivity contribution in [3.05, 3.63) is 0 Å². The molecule has 1 heterocycles. The van der Waals surface area contributed by atoms with Crippen molar-refractivity contribution in [2.45, 2.75) is 33.3 Å². The van der Waals surface area contributed by atoms with Crippen molar-refractivity contribution < 1.29 is 4.74 Å². The predicted octanol–water partition coefficient (Wildman–Crippen LogP) is 1.34. The van der Waals surface area contributed by atoms with Crippen LogP contribution in [-0.2, 0) is 4.74 Å². The van der Waals surface area contributed by atoms with Gasteiger partial charge in [-0.15, -0.1) is 0 Å². The Morgan fingerprint density at radius 1 is 1.53 bits per heavy atom. The molecule has 0 spiro atoms. The molecule has 0 bridgehead atoms. The predicted molar refractivity (Wildman–Crippen MR) is 64.2 cm³/mol. The highest BCUT2D eigenvalue weighted by Crippen LogP contribution is 2.05. The van der Waals surface area contributed by atoms with E-state index in [9.17, 15) is 0 Å². The Morgan fingerprint density at radius 3 is 3.07 bits per heavy atom. The van der Waals surface area contributed by atoms with Crippen molar-refractivity contribution in [3.63, 3.8) is 0 Å². The number of hydrogen-bond donors (Lipinski definition) is 1. The van der Waals surface area contributed by atoms with Gasteiger partial charge in [-0.3, -0.25) is 0 Å². The Morgan fingerprint density at radius 2 is 2.33 bits per heavy atom. The van der Waals surface area contributed by atoms with Crippen molar-refractivity contribution >= 4 is 0 Å². The third-order valence-electron chi connectivity index (χ3n) is 2.86. The molecule has 0 aromatic carbocycles. The van der Waals surface area contributed by atoms with E-state index < -0.39 is 0 Å². The third-order valence-corrected chi connectivity index (χ3v) is 2.86. The quantitative estimate of drug-likeness (QED) is 0.764. The van der Waals surface area contributed by atoms with Crippen molar-refractivity contribution in [1.82, 2.24) is 10.2 Å². The van der Waals surface area contributed by atoms with Gasteiger partial charge in [0, 0.05) is 19.7 Å². The molecular formula is C12H26N2O. The van der Waals surface area contributed by atoms with Crippen LogP contribution in [0.1, 0.15) is 27.2 Å². The molecule has 1 N–H and O–H groups in total. The van der Waals surface area contributed by atoms with E-state index in [4.69, 9.17) is 4.74 Å². The standard InChI is InChI=1S/C12H26N2O/c1-4-15-12(3)10-14-7-5-6-13-8-11(2)9-14/h11-13H,4-10H2,1-3H3. The van der Waals surface area contributed by atoms with Gasteiger partial charge in [0.15, 0.2) is 0 Å². The molecule has 1 aliphatic heterocycles. The molecule has 15 heavy (non-hydrogen) atoms. The first-order chi connectivity index (χ1) is 7.22. The smallest absolute Gasteiger partial charge is 0.0673 e. The van der Waals surface area contributed by atoms with Gasteiger partial charge in [0.2, 0.25) is 0 Å². The zero-order valence-corrected chi connectivity index (χ0v) is 10.5. The summed E-state index contributed by atoms with van der Waals surface area (Å²) in [6.45, 7) is 13.2. The SMILES string of the molecule is CCOC(C)CN1CCCNCC(C)C1. The largest absolute Gasteiger partial charge is 0.377 e. The first-order valence-corrected chi connectivity index (χ1v) is 6.27. The molecule has 0 aromatic heterocycles. The molecule has 1 fully saturated rings. The maximum Gasteiger partial charge on any atom is 0.0673 e. The Balaban J connectivity index is 2.30. The lowest BCUT2D eigenvalue weighted by Gasteiger charge is -2.30. The van der Waals surface area contributed by atoms with E-state index in [0.29, 0.717) is 6.10 Å². The maximum atomic E-state index is 5.59. The zero-order chi connectivity index (χ0) is 11.1. The molecule has 2 unspecified atom stereocenters. The average molecular weight is 214 g/mol. The van der Waals surface area contributed by atoms with Crippen LogP contribution < -0.4 is 5.32 Å². The summed E-state index contributed by atoms with van der Waals surface area (Å²) in [4.78, 5) is 2.55. The first-order valence-electron chi connectivity index (χ1n) is 6.27. The lowest BCUT2D eigenvalue weighted by atomic mass is 10.1. The highest BCUT2D eigenvalue weighted by molar-refractivity contribution is 4.71. The highest BCUT2D eigenvalue weighted by atomic mass is 16.5. The number of rotatable bonds is 4. The van der Waals surface area contributed by atoms with E-state index in [2.05, 4.69) is 31.0 Å². The molecule has 1 rings (SSSR count). The van der Waals surface area contributed by atoms with Gasteiger partial charge in [-0.25, -0.2) is 0 Å². The van der Waals surface area contributed by atoms with Crippen molar-refractivity contribution in [1.29, 1.82) is 0 Å². The van der Waals surface area contributed by atoms with Gasteiger partial charge >= 0.3 is 0 Å². The number of hydrogen-bond acceptors (Lipinski definition) is 3. The van der Waals surface area contributed by atoms with E-state index in [1.165, 1.54) is 19.5 Å².